The Morgan fingerprint density at radius 1 is 1.34 bits per heavy atom. The first-order valence-corrected chi connectivity index (χ1v) is 9.76. The number of carboxylic acid groups (broad SMARTS) is 1. The first-order valence-electron chi connectivity index (χ1n) is 9.76. The summed E-state index contributed by atoms with van der Waals surface area (Å²) in [6, 6.07) is 4.84. The van der Waals surface area contributed by atoms with E-state index in [-0.39, 0.29) is 12.1 Å². The maximum absolute atomic E-state index is 14.6. The van der Waals surface area contributed by atoms with Crippen molar-refractivity contribution in [3.8, 4) is 0 Å². The molecule has 1 aromatic carbocycles. The number of pyridine rings is 1. The van der Waals surface area contributed by atoms with Crippen LogP contribution in [0.5, 0.6) is 0 Å². The van der Waals surface area contributed by atoms with Crippen molar-refractivity contribution in [2.45, 2.75) is 26.3 Å². The number of nitrogens with one attached hydrogen (secondary N) is 1. The number of rotatable bonds is 6. The first kappa shape index (κ1) is 23.0. The van der Waals surface area contributed by atoms with Gasteiger partial charge in [-0.05, 0) is 26.0 Å². The number of hydrogen-bond donors (Lipinski definition) is 2. The van der Waals surface area contributed by atoms with Gasteiger partial charge in [-0.2, -0.15) is 0 Å². The molecule has 3 rings (SSSR count). The van der Waals surface area contributed by atoms with Crippen LogP contribution in [0.25, 0.3) is 17.0 Å². The molecule has 0 aliphatic heterocycles. The molecule has 7 nitrogen and oxygen atoms in total. The highest BCUT2D eigenvalue weighted by atomic mass is 19.3. The predicted molar refractivity (Wildman–Crippen MR) is 114 cm³/mol. The topological polar surface area (TPSA) is 92.4 Å². The monoisotopic (exact) mass is 445 g/mol. The largest absolute Gasteiger partial charge is 0.465 e. The molecule has 0 saturated heterocycles. The summed E-state index contributed by atoms with van der Waals surface area (Å²) in [4.78, 5) is 23.9. The molecule has 0 radical (unpaired) electrons. The quantitative estimate of drug-likeness (QED) is 0.592. The minimum atomic E-state index is -2.92. The lowest BCUT2D eigenvalue weighted by molar-refractivity contribution is 0.146. The van der Waals surface area contributed by atoms with E-state index in [9.17, 15) is 18.0 Å². The number of carbonyl (C=O) groups is 1. The van der Waals surface area contributed by atoms with Gasteiger partial charge < -0.3 is 15.0 Å². The summed E-state index contributed by atoms with van der Waals surface area (Å²) >= 11 is 0. The summed E-state index contributed by atoms with van der Waals surface area (Å²) in [7, 11) is 1.82. The van der Waals surface area contributed by atoms with E-state index in [0.717, 1.165) is 11.6 Å². The molecular weight excluding hydrogens is 423 g/mol. The minimum Gasteiger partial charge on any atom is -0.465 e. The summed E-state index contributed by atoms with van der Waals surface area (Å²) in [6.07, 6.45) is 0.833. The van der Waals surface area contributed by atoms with Gasteiger partial charge in [-0.25, -0.2) is 22.9 Å². The normalized spacial score (nSPS) is 13.3. The molecule has 2 aromatic heterocycles. The predicted octanol–water partition coefficient (Wildman–Crippen LogP) is 4.30. The van der Waals surface area contributed by atoms with Gasteiger partial charge in [0.15, 0.2) is 5.49 Å². The van der Waals surface area contributed by atoms with Gasteiger partial charge in [-0.15, -0.1) is 0 Å². The summed E-state index contributed by atoms with van der Waals surface area (Å²) in [6.45, 7) is 3.51. The van der Waals surface area contributed by atoms with Crippen molar-refractivity contribution < 1.29 is 23.1 Å². The zero-order valence-corrected chi connectivity index (χ0v) is 17.7. The van der Waals surface area contributed by atoms with Crippen LogP contribution in [0, 0.1) is 12.7 Å². The van der Waals surface area contributed by atoms with E-state index in [1.807, 2.05) is 11.6 Å². The average Bonchev–Trinajstić information content (AvgIpc) is 2.74. The average molecular weight is 445 g/mol. The number of aryl methyl sites for hydroxylation is 2. The molecule has 2 N–H and O–H groups in total. The zero-order chi connectivity index (χ0) is 23.4. The molecule has 0 saturated carbocycles. The number of amides is 1. The van der Waals surface area contributed by atoms with Crippen LogP contribution >= 0.6 is 0 Å². The van der Waals surface area contributed by atoms with Crippen molar-refractivity contribution in [3.05, 3.63) is 70.5 Å². The standard InChI is InChI=1S/C22H22F3N5O2/c1-12(15-7-4-8-16(19(15)23)20(24)25)28-21-17-10-14(6-5-9-26-22(31)32)27-11-18(17)30(3)13(2)29-21/h4-8,10-12,20,26H,9H2,1-3H3,(H,31,32)/b6-5+,28-21-/t12-/m1/s1. The Bertz CT molecular complexity index is 1250. The Labute approximate surface area is 182 Å². The molecule has 0 aliphatic rings. The third kappa shape index (κ3) is 4.96. The zero-order valence-electron chi connectivity index (χ0n) is 17.7. The van der Waals surface area contributed by atoms with Crippen molar-refractivity contribution in [2.75, 3.05) is 6.54 Å². The van der Waals surface area contributed by atoms with E-state index < -0.39 is 29.9 Å². The second-order valence-corrected chi connectivity index (χ2v) is 7.11. The first-order chi connectivity index (χ1) is 15.2. The highest BCUT2D eigenvalue weighted by Crippen LogP contribution is 2.28. The summed E-state index contributed by atoms with van der Waals surface area (Å²) in [5.74, 6) is -0.335. The van der Waals surface area contributed by atoms with Gasteiger partial charge in [0.2, 0.25) is 0 Å². The van der Waals surface area contributed by atoms with Gasteiger partial charge in [0, 0.05) is 24.5 Å². The molecule has 10 heteroatoms. The van der Waals surface area contributed by atoms with Crippen LogP contribution in [0.3, 0.4) is 0 Å². The number of fused-ring (bicyclic) bond motifs is 1. The smallest absolute Gasteiger partial charge is 0.404 e. The molecule has 0 aliphatic carbocycles. The van der Waals surface area contributed by atoms with Gasteiger partial charge >= 0.3 is 6.09 Å². The second kappa shape index (κ2) is 9.63. The highest BCUT2D eigenvalue weighted by Gasteiger charge is 2.19. The molecule has 0 unspecified atom stereocenters. The molecule has 2 heterocycles. The number of benzene rings is 1. The second-order valence-electron chi connectivity index (χ2n) is 7.11. The molecule has 1 amide bonds. The number of nitrogens with zero attached hydrogens (tertiary/aromatic N) is 4. The maximum atomic E-state index is 14.6. The molecule has 0 bridgehead atoms. The van der Waals surface area contributed by atoms with E-state index in [4.69, 9.17) is 5.11 Å². The number of aromatic nitrogens is 3. The van der Waals surface area contributed by atoms with Gasteiger partial charge in [0.25, 0.3) is 6.43 Å². The fourth-order valence-corrected chi connectivity index (χ4v) is 3.20. The summed E-state index contributed by atoms with van der Waals surface area (Å²) < 4.78 is 42.6. The van der Waals surface area contributed by atoms with Gasteiger partial charge in [0.05, 0.1) is 29.0 Å². The summed E-state index contributed by atoms with van der Waals surface area (Å²) in [5.41, 5.74) is 0.990. The Balaban J connectivity index is 2.09. The fraction of sp³-hybridized carbons (Fsp3) is 0.273. The molecule has 0 fully saturated rings. The van der Waals surface area contributed by atoms with E-state index in [1.54, 1.807) is 38.3 Å². The molecule has 1 atom stereocenters. The fourth-order valence-electron chi connectivity index (χ4n) is 3.20. The third-order valence-corrected chi connectivity index (χ3v) is 4.98. The lowest BCUT2D eigenvalue weighted by Crippen LogP contribution is -2.20. The van der Waals surface area contributed by atoms with Crippen molar-refractivity contribution in [2.24, 2.45) is 12.0 Å². The Morgan fingerprint density at radius 2 is 2.06 bits per heavy atom. The van der Waals surface area contributed by atoms with Crippen LogP contribution in [0.2, 0.25) is 0 Å². The van der Waals surface area contributed by atoms with Crippen molar-refractivity contribution >= 4 is 23.1 Å². The van der Waals surface area contributed by atoms with Crippen LogP contribution in [0.4, 0.5) is 18.0 Å². The van der Waals surface area contributed by atoms with Gasteiger partial charge in [-0.1, -0.05) is 24.3 Å². The Morgan fingerprint density at radius 3 is 2.75 bits per heavy atom. The number of alkyl halides is 2. The van der Waals surface area contributed by atoms with Crippen molar-refractivity contribution in [1.82, 2.24) is 19.9 Å². The SMILES string of the molecule is Cc1n/c(=N\[C@H](C)c2cccc(C(F)F)c2F)c2cc(/C=C/CNC(=O)O)ncc2n1C. The number of halogens is 3. The van der Waals surface area contributed by atoms with Crippen molar-refractivity contribution in [1.29, 1.82) is 0 Å². The van der Waals surface area contributed by atoms with Crippen LogP contribution in [0.1, 0.15) is 42.0 Å². The maximum Gasteiger partial charge on any atom is 0.404 e. The van der Waals surface area contributed by atoms with E-state index in [2.05, 4.69) is 20.3 Å². The molecule has 168 valence electrons. The van der Waals surface area contributed by atoms with Gasteiger partial charge in [0.1, 0.15) is 11.6 Å². The Hall–Kier alpha value is -3.69. The lowest BCUT2D eigenvalue weighted by Gasteiger charge is -2.13. The van der Waals surface area contributed by atoms with Crippen LogP contribution in [-0.2, 0) is 7.05 Å². The molecule has 0 spiro atoms. The van der Waals surface area contributed by atoms with E-state index in [0.29, 0.717) is 22.4 Å². The number of hydrogen-bond acceptors (Lipinski definition) is 4. The van der Waals surface area contributed by atoms with Crippen molar-refractivity contribution in [3.63, 3.8) is 0 Å². The van der Waals surface area contributed by atoms with Crippen LogP contribution < -0.4 is 10.8 Å². The highest BCUT2D eigenvalue weighted by molar-refractivity contribution is 5.79. The van der Waals surface area contributed by atoms with E-state index >= 15 is 0 Å². The minimum absolute atomic E-state index is 0.0533. The van der Waals surface area contributed by atoms with E-state index in [1.165, 1.54) is 12.1 Å². The molecule has 32 heavy (non-hydrogen) atoms. The molecular formula is C22H22F3N5O2. The third-order valence-electron chi connectivity index (χ3n) is 4.98. The summed E-state index contributed by atoms with van der Waals surface area (Å²) in [5, 5.41) is 11.5. The molecule has 3 aromatic rings. The Kier molecular flexibility index (Phi) is 6.92. The van der Waals surface area contributed by atoms with Crippen LogP contribution in [-0.4, -0.2) is 32.3 Å². The van der Waals surface area contributed by atoms with Gasteiger partial charge in [-0.3, -0.25) is 9.98 Å². The van der Waals surface area contributed by atoms with Crippen LogP contribution in [0.15, 0.2) is 41.5 Å². The lowest BCUT2D eigenvalue weighted by atomic mass is 10.0.